The van der Waals surface area contributed by atoms with Crippen molar-refractivity contribution in [1.82, 2.24) is 9.88 Å². The first-order valence-corrected chi connectivity index (χ1v) is 6.35. The minimum absolute atomic E-state index is 0.0405. The Morgan fingerprint density at radius 1 is 1.30 bits per heavy atom. The summed E-state index contributed by atoms with van der Waals surface area (Å²) < 4.78 is 13.4. The minimum Gasteiger partial charge on any atom is -0.396 e. The van der Waals surface area contributed by atoms with Crippen LogP contribution in [-0.4, -0.2) is 22.3 Å². The molecule has 0 bridgehead atoms. The second kappa shape index (κ2) is 6.14. The van der Waals surface area contributed by atoms with Crippen molar-refractivity contribution in [3.8, 4) is 0 Å². The van der Waals surface area contributed by atoms with Gasteiger partial charge in [-0.1, -0.05) is 0 Å². The molecule has 2 aromatic rings. The zero-order chi connectivity index (χ0) is 14.5. The van der Waals surface area contributed by atoms with Gasteiger partial charge in [-0.3, -0.25) is 9.78 Å². The van der Waals surface area contributed by atoms with E-state index in [0.29, 0.717) is 18.7 Å². The molecule has 1 aromatic carbocycles. The van der Waals surface area contributed by atoms with Crippen LogP contribution in [0.15, 0.2) is 42.7 Å². The molecule has 1 aromatic heterocycles. The molecule has 0 saturated carbocycles. The number of hydrogen-bond acceptors (Lipinski definition) is 3. The maximum Gasteiger partial charge on any atom is 0.254 e. The van der Waals surface area contributed by atoms with Gasteiger partial charge in [-0.15, -0.1) is 0 Å². The van der Waals surface area contributed by atoms with Gasteiger partial charge >= 0.3 is 0 Å². The third kappa shape index (κ3) is 3.12. The van der Waals surface area contributed by atoms with Crippen LogP contribution < -0.4 is 5.73 Å². The summed E-state index contributed by atoms with van der Waals surface area (Å²) in [6, 6.07) is 7.81. The van der Waals surface area contributed by atoms with Gasteiger partial charge in [-0.05, 0) is 42.8 Å². The van der Waals surface area contributed by atoms with E-state index in [0.717, 1.165) is 5.56 Å². The molecule has 0 aliphatic rings. The van der Waals surface area contributed by atoms with E-state index >= 15 is 0 Å². The number of aromatic nitrogens is 1. The third-order valence-electron chi connectivity index (χ3n) is 3.04. The second-order valence-corrected chi connectivity index (χ2v) is 4.41. The standard InChI is InChI=1S/C15H16FN3O/c1-2-19(10-11-5-7-18-8-6-11)15(20)12-3-4-14(17)13(16)9-12/h3-9H,2,10,17H2,1H3. The molecule has 0 aliphatic heterocycles. The molecule has 5 heteroatoms. The Morgan fingerprint density at radius 2 is 2.00 bits per heavy atom. The van der Waals surface area contributed by atoms with Crippen molar-refractivity contribution < 1.29 is 9.18 Å². The normalized spacial score (nSPS) is 10.3. The summed E-state index contributed by atoms with van der Waals surface area (Å²) in [7, 11) is 0. The Bertz CT molecular complexity index is 601. The number of carbonyl (C=O) groups is 1. The lowest BCUT2D eigenvalue weighted by molar-refractivity contribution is 0.0752. The van der Waals surface area contributed by atoms with Crippen LogP contribution in [0.3, 0.4) is 0 Å². The SMILES string of the molecule is CCN(Cc1ccncc1)C(=O)c1ccc(N)c(F)c1. The Kier molecular flexibility index (Phi) is 4.30. The quantitative estimate of drug-likeness (QED) is 0.870. The van der Waals surface area contributed by atoms with Gasteiger partial charge in [0.1, 0.15) is 5.82 Å². The highest BCUT2D eigenvalue weighted by atomic mass is 19.1. The first-order chi connectivity index (χ1) is 9.61. The molecule has 0 saturated heterocycles. The van der Waals surface area contributed by atoms with Crippen LogP contribution in [0.2, 0.25) is 0 Å². The van der Waals surface area contributed by atoms with Crippen molar-refractivity contribution in [2.24, 2.45) is 0 Å². The molecule has 1 amide bonds. The van der Waals surface area contributed by atoms with Crippen LogP contribution in [0.4, 0.5) is 10.1 Å². The summed E-state index contributed by atoms with van der Waals surface area (Å²) in [5.41, 5.74) is 6.73. The predicted molar refractivity (Wildman–Crippen MR) is 75.5 cm³/mol. The van der Waals surface area contributed by atoms with Crippen LogP contribution in [0, 0.1) is 5.82 Å². The van der Waals surface area contributed by atoms with Gasteiger partial charge in [-0.2, -0.15) is 0 Å². The maximum absolute atomic E-state index is 13.4. The molecule has 4 nitrogen and oxygen atoms in total. The Labute approximate surface area is 117 Å². The summed E-state index contributed by atoms with van der Waals surface area (Å²) in [5, 5.41) is 0. The number of benzene rings is 1. The first kappa shape index (κ1) is 14.0. The van der Waals surface area contributed by atoms with E-state index in [1.54, 1.807) is 17.3 Å². The van der Waals surface area contributed by atoms with E-state index in [1.807, 2.05) is 19.1 Å². The zero-order valence-corrected chi connectivity index (χ0v) is 11.2. The van der Waals surface area contributed by atoms with Crippen molar-refractivity contribution >= 4 is 11.6 Å². The van der Waals surface area contributed by atoms with E-state index in [9.17, 15) is 9.18 Å². The fraction of sp³-hybridized carbons (Fsp3) is 0.200. The number of anilines is 1. The number of nitrogen functional groups attached to an aromatic ring is 1. The van der Waals surface area contributed by atoms with Gasteiger partial charge in [0.2, 0.25) is 0 Å². The number of hydrogen-bond donors (Lipinski definition) is 1. The van der Waals surface area contributed by atoms with Crippen LogP contribution in [0.5, 0.6) is 0 Å². The number of halogens is 1. The molecule has 0 radical (unpaired) electrons. The number of nitrogens with two attached hydrogens (primary N) is 1. The van der Waals surface area contributed by atoms with E-state index in [4.69, 9.17) is 5.73 Å². The molecule has 0 unspecified atom stereocenters. The fourth-order valence-corrected chi connectivity index (χ4v) is 1.88. The average molecular weight is 273 g/mol. The third-order valence-corrected chi connectivity index (χ3v) is 3.04. The van der Waals surface area contributed by atoms with Crippen molar-refractivity contribution in [3.63, 3.8) is 0 Å². The van der Waals surface area contributed by atoms with Crippen LogP contribution in [-0.2, 0) is 6.54 Å². The second-order valence-electron chi connectivity index (χ2n) is 4.41. The Hall–Kier alpha value is -2.43. The number of amides is 1. The van der Waals surface area contributed by atoms with Gasteiger partial charge in [0.15, 0.2) is 0 Å². The summed E-state index contributed by atoms with van der Waals surface area (Å²) in [6.45, 7) is 2.88. The summed E-state index contributed by atoms with van der Waals surface area (Å²) >= 11 is 0. The molecular weight excluding hydrogens is 257 g/mol. The average Bonchev–Trinajstić information content (AvgIpc) is 2.48. The highest BCUT2D eigenvalue weighted by molar-refractivity contribution is 5.94. The highest BCUT2D eigenvalue weighted by Crippen LogP contribution is 2.15. The van der Waals surface area contributed by atoms with Crippen LogP contribution in [0.25, 0.3) is 0 Å². The predicted octanol–water partition coefficient (Wildman–Crippen LogP) is 2.47. The van der Waals surface area contributed by atoms with Gasteiger partial charge in [0, 0.05) is 31.0 Å². The lowest BCUT2D eigenvalue weighted by Gasteiger charge is -2.21. The first-order valence-electron chi connectivity index (χ1n) is 6.35. The molecule has 2 N–H and O–H groups in total. The molecule has 1 heterocycles. The molecule has 0 atom stereocenters. The van der Waals surface area contributed by atoms with Crippen molar-refractivity contribution in [1.29, 1.82) is 0 Å². The molecule has 0 fully saturated rings. The number of rotatable bonds is 4. The molecule has 104 valence electrons. The molecule has 2 rings (SSSR count). The Morgan fingerprint density at radius 3 is 2.60 bits per heavy atom. The topological polar surface area (TPSA) is 59.2 Å². The minimum atomic E-state index is -0.573. The summed E-state index contributed by atoms with van der Waals surface area (Å²) in [5.74, 6) is -0.793. The summed E-state index contributed by atoms with van der Waals surface area (Å²) in [4.78, 5) is 17.9. The van der Waals surface area contributed by atoms with Crippen LogP contribution in [0.1, 0.15) is 22.8 Å². The smallest absolute Gasteiger partial charge is 0.254 e. The van der Waals surface area contributed by atoms with E-state index < -0.39 is 5.82 Å². The number of pyridine rings is 1. The zero-order valence-electron chi connectivity index (χ0n) is 11.2. The van der Waals surface area contributed by atoms with Crippen molar-refractivity contribution in [3.05, 3.63) is 59.7 Å². The van der Waals surface area contributed by atoms with Crippen LogP contribution >= 0.6 is 0 Å². The maximum atomic E-state index is 13.4. The molecule has 0 aliphatic carbocycles. The lowest BCUT2D eigenvalue weighted by atomic mass is 10.1. The number of carbonyl (C=O) groups excluding carboxylic acids is 1. The number of nitrogens with zero attached hydrogens (tertiary/aromatic N) is 2. The Balaban J connectivity index is 2.18. The largest absolute Gasteiger partial charge is 0.396 e. The van der Waals surface area contributed by atoms with E-state index in [2.05, 4.69) is 4.98 Å². The fourth-order valence-electron chi connectivity index (χ4n) is 1.88. The van der Waals surface area contributed by atoms with E-state index in [-0.39, 0.29) is 11.6 Å². The monoisotopic (exact) mass is 273 g/mol. The van der Waals surface area contributed by atoms with Crippen molar-refractivity contribution in [2.75, 3.05) is 12.3 Å². The van der Waals surface area contributed by atoms with Crippen molar-refractivity contribution in [2.45, 2.75) is 13.5 Å². The van der Waals surface area contributed by atoms with E-state index in [1.165, 1.54) is 18.2 Å². The molecule has 0 spiro atoms. The lowest BCUT2D eigenvalue weighted by Crippen LogP contribution is -2.30. The molecule has 20 heavy (non-hydrogen) atoms. The van der Waals surface area contributed by atoms with Gasteiger partial charge in [-0.25, -0.2) is 4.39 Å². The van der Waals surface area contributed by atoms with Gasteiger partial charge in [0.25, 0.3) is 5.91 Å². The van der Waals surface area contributed by atoms with Gasteiger partial charge in [0.05, 0.1) is 5.69 Å². The van der Waals surface area contributed by atoms with Gasteiger partial charge < -0.3 is 10.6 Å². The summed E-state index contributed by atoms with van der Waals surface area (Å²) in [6.07, 6.45) is 3.35. The highest BCUT2D eigenvalue weighted by Gasteiger charge is 2.15. The molecular formula is C15H16FN3O.